The Labute approximate surface area is 181 Å². The molecule has 6 heteroatoms. The Morgan fingerprint density at radius 3 is 2.10 bits per heavy atom. The first kappa shape index (κ1) is 22.0. The van der Waals surface area contributed by atoms with Gasteiger partial charge >= 0.3 is 0 Å². The van der Waals surface area contributed by atoms with Crippen molar-refractivity contribution in [3.05, 3.63) is 71.4 Å². The molecule has 0 spiro atoms. The fourth-order valence-electron chi connectivity index (χ4n) is 3.15. The normalized spacial score (nSPS) is 10.5. The smallest absolute Gasteiger partial charge is 0.181 e. The van der Waals surface area contributed by atoms with Gasteiger partial charge in [0.25, 0.3) is 0 Å². The lowest BCUT2D eigenvalue weighted by atomic mass is 10.0. The highest BCUT2D eigenvalue weighted by atomic mass is 16.5. The summed E-state index contributed by atoms with van der Waals surface area (Å²) in [4.78, 5) is 29.9. The Morgan fingerprint density at radius 2 is 1.45 bits per heavy atom. The first-order valence-corrected chi connectivity index (χ1v) is 9.86. The summed E-state index contributed by atoms with van der Waals surface area (Å²) in [7, 11) is 4.59. The molecule has 0 aliphatic carbocycles. The van der Waals surface area contributed by atoms with Gasteiger partial charge in [0.05, 0.1) is 27.0 Å². The summed E-state index contributed by atoms with van der Waals surface area (Å²) in [5.74, 6) is 1.17. The molecule has 3 aromatic rings. The maximum atomic E-state index is 12.8. The Balaban J connectivity index is 1.76. The molecular weight excluding hydrogens is 394 g/mol. The summed E-state index contributed by atoms with van der Waals surface area (Å²) < 4.78 is 15.8. The molecule has 0 radical (unpaired) electrons. The van der Waals surface area contributed by atoms with Gasteiger partial charge in [-0.05, 0) is 25.1 Å². The molecule has 0 aliphatic rings. The third-order valence-corrected chi connectivity index (χ3v) is 4.95. The molecule has 160 valence electrons. The Bertz CT molecular complexity index is 1090. The molecule has 2 aromatic carbocycles. The van der Waals surface area contributed by atoms with Gasteiger partial charge in [-0.3, -0.25) is 9.59 Å². The van der Waals surface area contributed by atoms with Gasteiger partial charge in [0.1, 0.15) is 11.4 Å². The molecule has 0 N–H and O–H groups in total. The summed E-state index contributed by atoms with van der Waals surface area (Å²) in [6, 6.07) is 16.2. The van der Waals surface area contributed by atoms with Crippen molar-refractivity contribution < 1.29 is 23.8 Å². The molecular formula is C25H25NO5. The average Bonchev–Trinajstić information content (AvgIpc) is 2.81. The van der Waals surface area contributed by atoms with E-state index in [-0.39, 0.29) is 30.1 Å². The Hall–Kier alpha value is -3.67. The van der Waals surface area contributed by atoms with Crippen LogP contribution in [-0.4, -0.2) is 37.9 Å². The van der Waals surface area contributed by atoms with Crippen LogP contribution < -0.4 is 14.2 Å². The number of ketones is 2. The van der Waals surface area contributed by atoms with Crippen LogP contribution in [0.5, 0.6) is 17.2 Å². The first-order valence-electron chi connectivity index (χ1n) is 9.86. The van der Waals surface area contributed by atoms with Crippen LogP contribution in [0.1, 0.15) is 39.3 Å². The molecule has 0 amide bonds. The molecule has 0 saturated carbocycles. The van der Waals surface area contributed by atoms with Crippen LogP contribution in [0, 0.1) is 6.92 Å². The zero-order chi connectivity index (χ0) is 22.4. The number of methoxy groups -OCH3 is 3. The van der Waals surface area contributed by atoms with Gasteiger partial charge in [0.15, 0.2) is 23.1 Å². The van der Waals surface area contributed by atoms with Crippen LogP contribution in [0.2, 0.25) is 0 Å². The predicted molar refractivity (Wildman–Crippen MR) is 118 cm³/mol. The average molecular weight is 419 g/mol. The second kappa shape index (κ2) is 9.89. The fraction of sp³-hybridized carbons (Fsp3) is 0.240. The van der Waals surface area contributed by atoms with E-state index in [0.717, 1.165) is 11.1 Å². The quantitative estimate of drug-likeness (QED) is 0.458. The lowest BCUT2D eigenvalue weighted by Gasteiger charge is -2.10. The third kappa shape index (κ3) is 5.28. The zero-order valence-corrected chi connectivity index (χ0v) is 18.1. The number of benzene rings is 2. The van der Waals surface area contributed by atoms with Crippen LogP contribution in [-0.2, 0) is 0 Å². The zero-order valence-electron chi connectivity index (χ0n) is 18.1. The van der Waals surface area contributed by atoms with Crippen LogP contribution in [0.15, 0.2) is 54.6 Å². The van der Waals surface area contributed by atoms with Crippen molar-refractivity contribution in [3.63, 3.8) is 0 Å². The summed E-state index contributed by atoms with van der Waals surface area (Å²) in [5.41, 5.74) is 3.41. The number of nitrogens with zero attached hydrogens (tertiary/aromatic N) is 1. The van der Waals surface area contributed by atoms with Crippen molar-refractivity contribution in [1.82, 2.24) is 4.98 Å². The topological polar surface area (TPSA) is 74.7 Å². The van der Waals surface area contributed by atoms with Gasteiger partial charge in [0.2, 0.25) is 0 Å². The van der Waals surface area contributed by atoms with Crippen molar-refractivity contribution in [3.8, 4) is 28.5 Å². The van der Waals surface area contributed by atoms with E-state index >= 15 is 0 Å². The molecule has 0 unspecified atom stereocenters. The first-order chi connectivity index (χ1) is 14.9. The lowest BCUT2D eigenvalue weighted by Crippen LogP contribution is -2.08. The van der Waals surface area contributed by atoms with Crippen molar-refractivity contribution in [2.45, 2.75) is 19.8 Å². The number of hydrogen-bond acceptors (Lipinski definition) is 6. The highest BCUT2D eigenvalue weighted by Gasteiger charge is 2.16. The van der Waals surface area contributed by atoms with E-state index in [0.29, 0.717) is 28.5 Å². The molecule has 6 nitrogen and oxygen atoms in total. The number of aryl methyl sites for hydroxylation is 1. The second-order valence-corrected chi connectivity index (χ2v) is 7.06. The monoisotopic (exact) mass is 419 g/mol. The van der Waals surface area contributed by atoms with Crippen molar-refractivity contribution >= 4 is 11.6 Å². The molecule has 1 heterocycles. The Morgan fingerprint density at radius 1 is 0.774 bits per heavy atom. The SMILES string of the molecule is COc1cc(C(=O)CCC(=O)c2ccc(OC)c(OC)c2)nc(-c2ccc(C)cc2)c1. The molecule has 1 aromatic heterocycles. The van der Waals surface area contributed by atoms with Crippen molar-refractivity contribution in [1.29, 1.82) is 0 Å². The minimum absolute atomic E-state index is 0.0423. The number of hydrogen-bond donors (Lipinski definition) is 0. The molecule has 0 aliphatic heterocycles. The molecule has 0 bridgehead atoms. The highest BCUT2D eigenvalue weighted by Crippen LogP contribution is 2.28. The Kier molecular flexibility index (Phi) is 7.03. The van der Waals surface area contributed by atoms with E-state index in [1.54, 1.807) is 37.4 Å². The van der Waals surface area contributed by atoms with Crippen molar-refractivity contribution in [2.24, 2.45) is 0 Å². The molecule has 0 fully saturated rings. The molecule has 0 saturated heterocycles. The minimum Gasteiger partial charge on any atom is -0.497 e. The van der Waals surface area contributed by atoms with Crippen LogP contribution >= 0.6 is 0 Å². The van der Waals surface area contributed by atoms with Crippen molar-refractivity contribution in [2.75, 3.05) is 21.3 Å². The number of aromatic nitrogens is 1. The van der Waals surface area contributed by atoms with E-state index in [2.05, 4.69) is 4.98 Å². The highest BCUT2D eigenvalue weighted by molar-refractivity contribution is 6.02. The van der Waals surface area contributed by atoms with Gasteiger partial charge in [-0.1, -0.05) is 29.8 Å². The third-order valence-electron chi connectivity index (χ3n) is 4.95. The summed E-state index contributed by atoms with van der Waals surface area (Å²) in [5, 5.41) is 0. The van der Waals surface area contributed by atoms with Gasteiger partial charge in [-0.15, -0.1) is 0 Å². The molecule has 0 atom stereocenters. The number of carbonyl (C=O) groups excluding carboxylic acids is 2. The maximum absolute atomic E-state index is 12.8. The number of rotatable bonds is 9. The van der Waals surface area contributed by atoms with Crippen LogP contribution in [0.3, 0.4) is 0 Å². The number of pyridine rings is 1. The van der Waals surface area contributed by atoms with E-state index in [9.17, 15) is 9.59 Å². The maximum Gasteiger partial charge on any atom is 0.181 e. The van der Waals surface area contributed by atoms with Crippen LogP contribution in [0.4, 0.5) is 0 Å². The van der Waals surface area contributed by atoms with E-state index in [1.165, 1.54) is 14.2 Å². The fourth-order valence-corrected chi connectivity index (χ4v) is 3.15. The minimum atomic E-state index is -0.221. The number of ether oxygens (including phenoxy) is 3. The van der Waals surface area contributed by atoms with E-state index in [4.69, 9.17) is 14.2 Å². The van der Waals surface area contributed by atoms with Gasteiger partial charge in [-0.25, -0.2) is 4.98 Å². The second-order valence-electron chi connectivity index (χ2n) is 7.06. The predicted octanol–water partition coefficient (Wildman–Crippen LogP) is 4.93. The standard InChI is InChI=1S/C25H25NO5/c1-16-5-7-17(8-6-16)20-14-19(29-2)15-21(26-20)23(28)11-10-22(27)18-9-12-24(30-3)25(13-18)31-4/h5-9,12-15H,10-11H2,1-4H3. The van der Waals surface area contributed by atoms with Crippen LogP contribution in [0.25, 0.3) is 11.3 Å². The number of carbonyl (C=O) groups is 2. The summed E-state index contributed by atoms with van der Waals surface area (Å²) in [6.07, 6.45) is 0.105. The molecule has 31 heavy (non-hydrogen) atoms. The van der Waals surface area contributed by atoms with Gasteiger partial charge in [0, 0.05) is 36.1 Å². The van der Waals surface area contributed by atoms with E-state index < -0.39 is 0 Å². The molecule has 3 rings (SSSR count). The van der Waals surface area contributed by atoms with E-state index in [1.807, 2.05) is 31.2 Å². The largest absolute Gasteiger partial charge is 0.497 e. The van der Waals surface area contributed by atoms with Gasteiger partial charge < -0.3 is 14.2 Å². The number of Topliss-reactive ketones (excluding diaryl/α,β-unsaturated/α-hetero) is 2. The lowest BCUT2D eigenvalue weighted by molar-refractivity contribution is 0.0914. The summed E-state index contributed by atoms with van der Waals surface area (Å²) in [6.45, 7) is 2.01. The summed E-state index contributed by atoms with van der Waals surface area (Å²) >= 11 is 0. The van der Waals surface area contributed by atoms with Gasteiger partial charge in [-0.2, -0.15) is 0 Å².